The number of rotatable bonds is 4. The van der Waals surface area contributed by atoms with Crippen LogP contribution in [0.15, 0.2) is 12.1 Å². The van der Waals surface area contributed by atoms with Crippen LogP contribution in [-0.4, -0.2) is 54.9 Å². The summed E-state index contributed by atoms with van der Waals surface area (Å²) < 4.78 is 5.69. The van der Waals surface area contributed by atoms with E-state index in [0.29, 0.717) is 39.0 Å². The van der Waals surface area contributed by atoms with E-state index in [9.17, 15) is 9.59 Å². The molecule has 5 heteroatoms. The Morgan fingerprint density at radius 2 is 1.58 bits per heavy atom. The van der Waals surface area contributed by atoms with E-state index in [4.69, 9.17) is 4.74 Å². The first-order chi connectivity index (χ1) is 12.2. The van der Waals surface area contributed by atoms with Gasteiger partial charge in [-0.2, -0.15) is 0 Å². The number of hydrogen-bond donors (Lipinski definition) is 0. The summed E-state index contributed by atoms with van der Waals surface area (Å²) in [5.41, 5.74) is 3.15. The van der Waals surface area contributed by atoms with Crippen LogP contribution in [0.1, 0.15) is 50.8 Å². The highest BCUT2D eigenvalue weighted by Crippen LogP contribution is 2.35. The van der Waals surface area contributed by atoms with E-state index in [0.717, 1.165) is 22.4 Å². The minimum absolute atomic E-state index is 0.0543. The van der Waals surface area contributed by atoms with Crippen molar-refractivity contribution in [2.75, 3.05) is 33.3 Å². The predicted molar refractivity (Wildman–Crippen MR) is 104 cm³/mol. The van der Waals surface area contributed by atoms with Crippen LogP contribution >= 0.6 is 0 Å². The van der Waals surface area contributed by atoms with E-state index >= 15 is 0 Å². The standard InChI is InChI=1S/C21H32N2O3/c1-7-18(24)22-8-10-23(11-9-22)19(25)14-16-12-15(2)13-17(20(16)26-6)21(3,4)5/h12-13H,7-11,14H2,1-6H3. The lowest BCUT2D eigenvalue weighted by molar-refractivity contribution is -0.139. The first kappa shape index (κ1) is 20.3. The molecule has 0 unspecified atom stereocenters. The van der Waals surface area contributed by atoms with E-state index in [1.165, 1.54) is 0 Å². The average molecular weight is 360 g/mol. The fraction of sp³-hybridized carbons (Fsp3) is 0.619. The normalized spacial score (nSPS) is 15.2. The third kappa shape index (κ3) is 4.57. The van der Waals surface area contributed by atoms with Crippen molar-refractivity contribution in [2.45, 2.75) is 52.9 Å². The lowest BCUT2D eigenvalue weighted by Gasteiger charge is -2.35. The summed E-state index contributed by atoms with van der Waals surface area (Å²) in [6.45, 7) is 12.8. The number of aryl methyl sites for hydroxylation is 1. The summed E-state index contributed by atoms with van der Waals surface area (Å²) in [5, 5.41) is 0. The maximum absolute atomic E-state index is 12.8. The van der Waals surface area contributed by atoms with Crippen molar-refractivity contribution < 1.29 is 14.3 Å². The van der Waals surface area contributed by atoms with Gasteiger partial charge in [-0.1, -0.05) is 45.4 Å². The number of benzene rings is 1. The zero-order valence-corrected chi connectivity index (χ0v) is 17.0. The van der Waals surface area contributed by atoms with Gasteiger partial charge in [0.05, 0.1) is 13.5 Å². The lowest BCUT2D eigenvalue weighted by Crippen LogP contribution is -2.50. The van der Waals surface area contributed by atoms with Crippen LogP contribution in [0.3, 0.4) is 0 Å². The number of carbonyl (C=O) groups excluding carboxylic acids is 2. The minimum Gasteiger partial charge on any atom is -0.496 e. The van der Waals surface area contributed by atoms with Gasteiger partial charge in [0.25, 0.3) is 0 Å². The predicted octanol–water partition coefficient (Wildman–Crippen LogP) is 2.92. The van der Waals surface area contributed by atoms with Crippen LogP contribution in [0.5, 0.6) is 5.75 Å². The highest BCUT2D eigenvalue weighted by Gasteiger charge is 2.26. The molecule has 0 saturated carbocycles. The highest BCUT2D eigenvalue weighted by atomic mass is 16.5. The van der Waals surface area contributed by atoms with Gasteiger partial charge in [0, 0.05) is 43.7 Å². The van der Waals surface area contributed by atoms with E-state index in [1.54, 1.807) is 7.11 Å². The molecule has 0 spiro atoms. The number of carbonyl (C=O) groups is 2. The Labute approximate surface area is 157 Å². The van der Waals surface area contributed by atoms with Crippen LogP contribution in [0, 0.1) is 6.92 Å². The average Bonchev–Trinajstić information content (AvgIpc) is 2.60. The van der Waals surface area contributed by atoms with Crippen molar-refractivity contribution in [3.8, 4) is 5.75 Å². The first-order valence-corrected chi connectivity index (χ1v) is 9.41. The molecule has 5 nitrogen and oxygen atoms in total. The molecule has 1 saturated heterocycles. The lowest BCUT2D eigenvalue weighted by atomic mass is 9.83. The molecule has 0 aliphatic carbocycles. The van der Waals surface area contributed by atoms with Gasteiger partial charge in [-0.25, -0.2) is 0 Å². The van der Waals surface area contributed by atoms with E-state index < -0.39 is 0 Å². The Bertz CT molecular complexity index is 669. The summed E-state index contributed by atoms with van der Waals surface area (Å²) in [6, 6.07) is 4.19. The second-order valence-electron chi connectivity index (χ2n) is 8.05. The Kier molecular flexibility index (Phi) is 6.32. The molecule has 2 rings (SSSR count). The summed E-state index contributed by atoms with van der Waals surface area (Å²) >= 11 is 0. The molecular formula is C21H32N2O3. The minimum atomic E-state index is -0.0543. The number of hydrogen-bond acceptors (Lipinski definition) is 3. The molecule has 2 amide bonds. The van der Waals surface area contributed by atoms with E-state index in [2.05, 4.69) is 33.8 Å². The van der Waals surface area contributed by atoms with Crippen molar-refractivity contribution in [2.24, 2.45) is 0 Å². The van der Waals surface area contributed by atoms with Crippen molar-refractivity contribution in [3.63, 3.8) is 0 Å². The SMILES string of the molecule is CCC(=O)N1CCN(C(=O)Cc2cc(C)cc(C(C)(C)C)c2OC)CC1. The molecule has 0 atom stereocenters. The summed E-state index contributed by atoms with van der Waals surface area (Å²) in [5.74, 6) is 1.07. The second-order valence-corrected chi connectivity index (χ2v) is 8.05. The highest BCUT2D eigenvalue weighted by molar-refractivity contribution is 5.81. The number of nitrogens with zero attached hydrogens (tertiary/aromatic N) is 2. The van der Waals surface area contributed by atoms with Crippen molar-refractivity contribution in [3.05, 3.63) is 28.8 Å². The van der Waals surface area contributed by atoms with Crippen LogP contribution in [0.2, 0.25) is 0 Å². The Balaban J connectivity index is 2.15. The van der Waals surface area contributed by atoms with Crippen molar-refractivity contribution in [1.29, 1.82) is 0 Å². The fourth-order valence-electron chi connectivity index (χ4n) is 3.48. The molecule has 0 radical (unpaired) electrons. The molecular weight excluding hydrogens is 328 g/mol. The van der Waals surface area contributed by atoms with Gasteiger partial charge in [-0.15, -0.1) is 0 Å². The third-order valence-electron chi connectivity index (χ3n) is 4.95. The maximum atomic E-state index is 12.8. The summed E-state index contributed by atoms with van der Waals surface area (Å²) in [4.78, 5) is 28.3. The van der Waals surface area contributed by atoms with Gasteiger partial charge in [0.1, 0.15) is 5.75 Å². The monoisotopic (exact) mass is 360 g/mol. The number of piperazine rings is 1. The van der Waals surface area contributed by atoms with Gasteiger partial charge < -0.3 is 14.5 Å². The maximum Gasteiger partial charge on any atom is 0.227 e. The number of ether oxygens (including phenoxy) is 1. The van der Waals surface area contributed by atoms with Crippen LogP contribution in [0.4, 0.5) is 0 Å². The van der Waals surface area contributed by atoms with Crippen molar-refractivity contribution in [1.82, 2.24) is 9.80 Å². The van der Waals surface area contributed by atoms with Crippen molar-refractivity contribution >= 4 is 11.8 Å². The second kappa shape index (κ2) is 8.11. The fourth-order valence-corrected chi connectivity index (χ4v) is 3.48. The summed E-state index contributed by atoms with van der Waals surface area (Å²) in [7, 11) is 1.67. The molecule has 0 aromatic heterocycles. The largest absolute Gasteiger partial charge is 0.496 e. The Hall–Kier alpha value is -2.04. The van der Waals surface area contributed by atoms with Gasteiger partial charge in [-0.3, -0.25) is 9.59 Å². The quantitative estimate of drug-likeness (QED) is 0.829. The smallest absolute Gasteiger partial charge is 0.227 e. The zero-order valence-electron chi connectivity index (χ0n) is 17.0. The molecule has 1 aliphatic rings. The summed E-state index contributed by atoms with van der Waals surface area (Å²) in [6.07, 6.45) is 0.847. The van der Waals surface area contributed by atoms with E-state index in [-0.39, 0.29) is 17.2 Å². The first-order valence-electron chi connectivity index (χ1n) is 9.41. The number of methoxy groups -OCH3 is 1. The molecule has 26 heavy (non-hydrogen) atoms. The van der Waals surface area contributed by atoms with E-state index in [1.807, 2.05) is 22.8 Å². The number of amides is 2. The topological polar surface area (TPSA) is 49.9 Å². The van der Waals surface area contributed by atoms with Gasteiger partial charge >= 0.3 is 0 Å². The molecule has 1 heterocycles. The Morgan fingerprint density at radius 3 is 2.04 bits per heavy atom. The van der Waals surface area contributed by atoms with Crippen LogP contribution < -0.4 is 4.74 Å². The van der Waals surface area contributed by atoms with Gasteiger partial charge in [0.15, 0.2) is 0 Å². The van der Waals surface area contributed by atoms with Crippen LogP contribution in [-0.2, 0) is 21.4 Å². The molecule has 1 aliphatic heterocycles. The Morgan fingerprint density at radius 1 is 1.04 bits per heavy atom. The van der Waals surface area contributed by atoms with Crippen LogP contribution in [0.25, 0.3) is 0 Å². The van der Waals surface area contributed by atoms with Gasteiger partial charge in [0.2, 0.25) is 11.8 Å². The third-order valence-corrected chi connectivity index (χ3v) is 4.95. The van der Waals surface area contributed by atoms with Gasteiger partial charge in [-0.05, 0) is 12.3 Å². The zero-order chi connectivity index (χ0) is 19.5. The molecule has 0 N–H and O–H groups in total. The molecule has 1 aromatic rings. The molecule has 1 fully saturated rings. The molecule has 144 valence electrons. The molecule has 0 bridgehead atoms. The molecule has 1 aromatic carbocycles.